The van der Waals surface area contributed by atoms with Gasteiger partial charge < -0.3 is 5.11 Å². The van der Waals surface area contributed by atoms with Crippen LogP contribution in [-0.2, 0) is 0 Å². The molecule has 0 aliphatic carbocycles. The van der Waals surface area contributed by atoms with E-state index in [4.69, 9.17) is 0 Å². The summed E-state index contributed by atoms with van der Waals surface area (Å²) in [6.45, 7) is 0. The van der Waals surface area contributed by atoms with Crippen molar-refractivity contribution >= 4 is 31.9 Å². The van der Waals surface area contributed by atoms with Crippen LogP contribution in [0.5, 0.6) is 0 Å². The van der Waals surface area contributed by atoms with E-state index in [1.807, 2.05) is 0 Å². The normalized spacial score (nSPS) is 14.0. The first-order valence-electron chi connectivity index (χ1n) is 3.99. The number of halogens is 5. The number of aliphatic hydroxyl groups is 1. The van der Waals surface area contributed by atoms with Crippen LogP contribution in [0.25, 0.3) is 0 Å². The van der Waals surface area contributed by atoms with Crippen molar-refractivity contribution in [2.24, 2.45) is 0 Å². The molecule has 0 fully saturated rings. The van der Waals surface area contributed by atoms with Gasteiger partial charge in [0.15, 0.2) is 0 Å². The van der Waals surface area contributed by atoms with Gasteiger partial charge in [0.25, 0.3) is 0 Å². The van der Waals surface area contributed by atoms with Crippen molar-refractivity contribution < 1.29 is 18.3 Å². The second kappa shape index (κ2) is 4.84. The summed E-state index contributed by atoms with van der Waals surface area (Å²) < 4.78 is 37.2. The minimum Gasteiger partial charge on any atom is -0.388 e. The van der Waals surface area contributed by atoms with E-state index < -0.39 is 18.7 Å². The molecule has 0 amide bonds. The smallest absolute Gasteiger partial charge is 0.388 e. The molecule has 1 nitrogen and oxygen atoms in total. The third-order valence-corrected chi connectivity index (χ3v) is 2.96. The molecule has 0 saturated carbocycles. The second-order valence-corrected chi connectivity index (χ2v) is 4.77. The first-order chi connectivity index (χ1) is 6.79. The largest absolute Gasteiger partial charge is 0.391 e. The van der Waals surface area contributed by atoms with Crippen molar-refractivity contribution in [3.8, 4) is 0 Å². The highest BCUT2D eigenvalue weighted by atomic mass is 79.9. The van der Waals surface area contributed by atoms with Crippen LogP contribution in [0.4, 0.5) is 13.2 Å². The van der Waals surface area contributed by atoms with Gasteiger partial charge in [0.1, 0.15) is 0 Å². The molecule has 0 aliphatic rings. The van der Waals surface area contributed by atoms with Gasteiger partial charge >= 0.3 is 6.18 Å². The number of hydrogen-bond donors (Lipinski definition) is 1. The third kappa shape index (κ3) is 4.12. The number of benzene rings is 1. The molecule has 0 aromatic heterocycles. The van der Waals surface area contributed by atoms with Gasteiger partial charge in [-0.1, -0.05) is 31.9 Å². The molecule has 0 radical (unpaired) electrons. The van der Waals surface area contributed by atoms with Crippen molar-refractivity contribution in [3.05, 3.63) is 32.7 Å². The summed E-state index contributed by atoms with van der Waals surface area (Å²) in [6.07, 6.45) is -7.17. The Hall–Kier alpha value is -0.0700. The minimum atomic E-state index is -4.37. The number of alkyl halides is 3. The number of hydrogen-bond acceptors (Lipinski definition) is 1. The lowest BCUT2D eigenvalue weighted by Crippen LogP contribution is -2.13. The molecule has 1 N–H and O–H groups in total. The summed E-state index contributed by atoms with van der Waals surface area (Å²) >= 11 is 6.22. The first kappa shape index (κ1) is 13.0. The van der Waals surface area contributed by atoms with Crippen LogP contribution < -0.4 is 0 Å². The summed E-state index contributed by atoms with van der Waals surface area (Å²) in [4.78, 5) is 0. The van der Waals surface area contributed by atoms with E-state index >= 15 is 0 Å². The van der Waals surface area contributed by atoms with Crippen LogP contribution in [0, 0.1) is 0 Å². The second-order valence-electron chi connectivity index (χ2n) is 3.00. The molecule has 1 rings (SSSR count). The Morgan fingerprint density at radius 3 is 2.40 bits per heavy atom. The highest BCUT2D eigenvalue weighted by Gasteiger charge is 2.32. The Morgan fingerprint density at radius 1 is 1.27 bits per heavy atom. The lowest BCUT2D eigenvalue weighted by Gasteiger charge is -2.15. The van der Waals surface area contributed by atoms with Gasteiger partial charge in [-0.05, 0) is 23.8 Å². The Balaban J connectivity index is 2.90. The SMILES string of the molecule is OC(CC(F)(F)F)c1cc(Br)ccc1Br. The van der Waals surface area contributed by atoms with E-state index in [9.17, 15) is 18.3 Å². The molecular weight excluding hydrogens is 341 g/mol. The zero-order chi connectivity index (χ0) is 11.6. The molecule has 0 heterocycles. The standard InChI is InChI=1S/C9H7Br2F3O/c10-5-1-2-7(11)6(3-5)8(15)4-9(12,13)14/h1-3,8,15H,4H2. The fraction of sp³-hybridized carbons (Fsp3) is 0.333. The maximum Gasteiger partial charge on any atom is 0.391 e. The van der Waals surface area contributed by atoms with Gasteiger partial charge in [0.2, 0.25) is 0 Å². The highest BCUT2D eigenvalue weighted by Crippen LogP contribution is 2.34. The van der Waals surface area contributed by atoms with Gasteiger partial charge in [-0.2, -0.15) is 13.2 Å². The van der Waals surface area contributed by atoms with Crippen molar-refractivity contribution in [1.82, 2.24) is 0 Å². The summed E-state index contributed by atoms with van der Waals surface area (Å²) in [5.74, 6) is 0. The Morgan fingerprint density at radius 2 is 1.87 bits per heavy atom. The zero-order valence-corrected chi connectivity index (χ0v) is 10.5. The molecule has 0 bridgehead atoms. The molecule has 0 spiro atoms. The molecular formula is C9H7Br2F3O. The van der Waals surface area contributed by atoms with E-state index in [0.29, 0.717) is 8.95 Å². The van der Waals surface area contributed by atoms with Gasteiger partial charge in [-0.3, -0.25) is 0 Å². The topological polar surface area (TPSA) is 20.2 Å². The minimum absolute atomic E-state index is 0.224. The monoisotopic (exact) mass is 346 g/mol. The Bertz CT molecular complexity index is 352. The Labute approximate surface area is 102 Å². The van der Waals surface area contributed by atoms with E-state index in [1.54, 1.807) is 12.1 Å². The van der Waals surface area contributed by atoms with Crippen molar-refractivity contribution in [2.75, 3.05) is 0 Å². The zero-order valence-electron chi connectivity index (χ0n) is 7.35. The highest BCUT2D eigenvalue weighted by molar-refractivity contribution is 9.11. The molecule has 0 saturated heterocycles. The molecule has 6 heteroatoms. The summed E-state index contributed by atoms with van der Waals surface area (Å²) in [5.41, 5.74) is 0.224. The predicted octanol–water partition coefficient (Wildman–Crippen LogP) is 4.20. The van der Waals surface area contributed by atoms with E-state index in [2.05, 4.69) is 31.9 Å². The lowest BCUT2D eigenvalue weighted by molar-refractivity contribution is -0.154. The van der Waals surface area contributed by atoms with Crippen LogP contribution in [0.3, 0.4) is 0 Å². The van der Waals surface area contributed by atoms with Crippen molar-refractivity contribution in [1.29, 1.82) is 0 Å². The van der Waals surface area contributed by atoms with Gasteiger partial charge in [-0.15, -0.1) is 0 Å². The molecule has 0 aliphatic heterocycles. The maximum atomic E-state index is 12.0. The maximum absolute atomic E-state index is 12.0. The van der Waals surface area contributed by atoms with Crippen LogP contribution in [-0.4, -0.2) is 11.3 Å². The first-order valence-corrected chi connectivity index (χ1v) is 5.58. The van der Waals surface area contributed by atoms with Crippen LogP contribution in [0.15, 0.2) is 27.1 Å². The Kier molecular flexibility index (Phi) is 4.20. The average molecular weight is 348 g/mol. The van der Waals surface area contributed by atoms with Crippen molar-refractivity contribution in [2.45, 2.75) is 18.7 Å². The van der Waals surface area contributed by atoms with E-state index in [-0.39, 0.29) is 5.56 Å². The average Bonchev–Trinajstić information content (AvgIpc) is 2.06. The number of aliphatic hydroxyl groups excluding tert-OH is 1. The molecule has 1 aromatic rings. The fourth-order valence-corrected chi connectivity index (χ4v) is 1.99. The van der Waals surface area contributed by atoms with Gasteiger partial charge in [0, 0.05) is 8.95 Å². The number of rotatable bonds is 2. The molecule has 1 unspecified atom stereocenters. The van der Waals surface area contributed by atoms with E-state index in [1.165, 1.54) is 6.07 Å². The van der Waals surface area contributed by atoms with Gasteiger partial charge in [0.05, 0.1) is 12.5 Å². The molecule has 84 valence electrons. The summed E-state index contributed by atoms with van der Waals surface area (Å²) in [6, 6.07) is 4.72. The van der Waals surface area contributed by atoms with Crippen LogP contribution in [0.2, 0.25) is 0 Å². The quantitative estimate of drug-likeness (QED) is 0.850. The summed E-state index contributed by atoms with van der Waals surface area (Å²) in [5, 5.41) is 9.39. The molecule has 1 aromatic carbocycles. The van der Waals surface area contributed by atoms with Crippen LogP contribution in [0.1, 0.15) is 18.1 Å². The van der Waals surface area contributed by atoms with Gasteiger partial charge in [-0.25, -0.2) is 0 Å². The fourth-order valence-electron chi connectivity index (χ4n) is 1.10. The molecule has 1 atom stereocenters. The molecule has 15 heavy (non-hydrogen) atoms. The van der Waals surface area contributed by atoms with Crippen LogP contribution >= 0.6 is 31.9 Å². The lowest BCUT2D eigenvalue weighted by atomic mass is 10.1. The van der Waals surface area contributed by atoms with E-state index in [0.717, 1.165) is 0 Å². The predicted molar refractivity (Wildman–Crippen MR) is 57.5 cm³/mol. The third-order valence-electron chi connectivity index (χ3n) is 1.74. The van der Waals surface area contributed by atoms with Crippen molar-refractivity contribution in [3.63, 3.8) is 0 Å². The summed E-state index contributed by atoms with van der Waals surface area (Å²) in [7, 11) is 0.